The molecule has 0 saturated carbocycles. The molecular formula is C14H18O. The van der Waals surface area contributed by atoms with Crippen molar-refractivity contribution in [3.05, 3.63) is 48.6 Å². The minimum atomic E-state index is 0.320. The van der Waals surface area contributed by atoms with Crippen molar-refractivity contribution in [2.75, 3.05) is 0 Å². The number of rotatable bonds is 4. The van der Waals surface area contributed by atoms with Gasteiger partial charge in [0.2, 0.25) is 0 Å². The van der Waals surface area contributed by atoms with Crippen LogP contribution in [0.15, 0.2) is 43.0 Å². The maximum atomic E-state index is 6.00. The molecular weight excluding hydrogens is 184 g/mol. The maximum absolute atomic E-state index is 6.00. The van der Waals surface area contributed by atoms with Crippen molar-refractivity contribution in [2.45, 2.75) is 37.9 Å². The average molecular weight is 202 g/mol. The lowest BCUT2D eigenvalue weighted by Crippen LogP contribution is -2.05. The van der Waals surface area contributed by atoms with Gasteiger partial charge in [0.1, 0.15) is 0 Å². The average Bonchev–Trinajstić information content (AvgIpc) is 2.76. The van der Waals surface area contributed by atoms with Gasteiger partial charge in [-0.3, -0.25) is 0 Å². The molecule has 0 aromatic heterocycles. The van der Waals surface area contributed by atoms with Gasteiger partial charge >= 0.3 is 0 Å². The Bertz CT molecular complexity index is 304. The molecule has 0 N–H and O–H groups in total. The topological polar surface area (TPSA) is 9.23 Å². The molecule has 1 aromatic carbocycles. The van der Waals surface area contributed by atoms with Gasteiger partial charge in [-0.1, -0.05) is 36.4 Å². The van der Waals surface area contributed by atoms with E-state index in [1.54, 1.807) is 0 Å². The van der Waals surface area contributed by atoms with Crippen molar-refractivity contribution in [3.8, 4) is 0 Å². The Morgan fingerprint density at radius 3 is 2.80 bits per heavy atom. The highest BCUT2D eigenvalue weighted by atomic mass is 16.5. The third-order valence-corrected chi connectivity index (χ3v) is 2.97. The molecule has 2 atom stereocenters. The van der Waals surface area contributed by atoms with Gasteiger partial charge in [0, 0.05) is 0 Å². The number of ether oxygens (including phenoxy) is 1. The third kappa shape index (κ3) is 2.69. The molecule has 0 bridgehead atoms. The van der Waals surface area contributed by atoms with Gasteiger partial charge in [0.25, 0.3) is 0 Å². The second-order valence-corrected chi connectivity index (χ2v) is 4.10. The van der Waals surface area contributed by atoms with Crippen molar-refractivity contribution in [3.63, 3.8) is 0 Å². The van der Waals surface area contributed by atoms with Gasteiger partial charge < -0.3 is 4.74 Å². The monoisotopic (exact) mass is 202 g/mol. The van der Waals surface area contributed by atoms with Crippen LogP contribution in [0.2, 0.25) is 0 Å². The smallest absolute Gasteiger partial charge is 0.0829 e. The van der Waals surface area contributed by atoms with E-state index in [9.17, 15) is 0 Å². The fourth-order valence-electron chi connectivity index (χ4n) is 2.13. The Hall–Kier alpha value is -1.08. The van der Waals surface area contributed by atoms with Gasteiger partial charge in [0.05, 0.1) is 12.2 Å². The quantitative estimate of drug-likeness (QED) is 0.673. The Balaban J connectivity index is 1.90. The molecule has 2 rings (SSSR count). The second-order valence-electron chi connectivity index (χ2n) is 4.10. The van der Waals surface area contributed by atoms with Crippen LogP contribution in [-0.4, -0.2) is 6.10 Å². The second kappa shape index (κ2) is 5.13. The molecule has 0 radical (unpaired) electrons. The fourth-order valence-corrected chi connectivity index (χ4v) is 2.13. The van der Waals surface area contributed by atoms with Gasteiger partial charge in [-0.15, -0.1) is 6.58 Å². The zero-order chi connectivity index (χ0) is 10.5. The summed E-state index contributed by atoms with van der Waals surface area (Å²) in [6.07, 6.45) is 7.26. The first kappa shape index (κ1) is 10.4. The van der Waals surface area contributed by atoms with Crippen molar-refractivity contribution in [1.82, 2.24) is 0 Å². The standard InChI is InChI=1S/C14H18O/c1-2-3-9-13-10-11-14(15-13)12-7-5-4-6-8-12/h2,4-8,13-14H,1,3,9-11H2. The summed E-state index contributed by atoms with van der Waals surface area (Å²) < 4.78 is 6.00. The molecule has 1 saturated heterocycles. The van der Waals surface area contributed by atoms with E-state index in [2.05, 4.69) is 30.8 Å². The van der Waals surface area contributed by atoms with E-state index in [1.807, 2.05) is 12.1 Å². The summed E-state index contributed by atoms with van der Waals surface area (Å²) in [5, 5.41) is 0. The van der Waals surface area contributed by atoms with E-state index in [4.69, 9.17) is 4.74 Å². The number of hydrogen-bond acceptors (Lipinski definition) is 1. The lowest BCUT2D eigenvalue weighted by atomic mass is 10.1. The lowest BCUT2D eigenvalue weighted by molar-refractivity contribution is 0.0406. The normalized spacial score (nSPS) is 25.3. The summed E-state index contributed by atoms with van der Waals surface area (Å²) in [5.41, 5.74) is 1.32. The van der Waals surface area contributed by atoms with Crippen LogP contribution in [0.4, 0.5) is 0 Å². The van der Waals surface area contributed by atoms with Crippen molar-refractivity contribution in [1.29, 1.82) is 0 Å². The molecule has 0 aliphatic carbocycles. The summed E-state index contributed by atoms with van der Waals surface area (Å²) in [7, 11) is 0. The SMILES string of the molecule is C=CCCC1CCC(c2ccccc2)O1. The first-order valence-electron chi connectivity index (χ1n) is 5.71. The third-order valence-electron chi connectivity index (χ3n) is 2.97. The van der Waals surface area contributed by atoms with Crippen molar-refractivity contribution < 1.29 is 4.74 Å². The van der Waals surface area contributed by atoms with E-state index >= 15 is 0 Å². The first-order chi connectivity index (χ1) is 7.40. The highest BCUT2D eigenvalue weighted by Crippen LogP contribution is 2.34. The molecule has 1 nitrogen and oxygen atoms in total. The molecule has 1 heteroatoms. The summed E-state index contributed by atoms with van der Waals surface area (Å²) in [4.78, 5) is 0. The summed E-state index contributed by atoms with van der Waals surface area (Å²) in [5.74, 6) is 0. The van der Waals surface area contributed by atoms with Crippen LogP contribution in [0.5, 0.6) is 0 Å². The van der Waals surface area contributed by atoms with Crippen LogP contribution in [-0.2, 0) is 4.74 Å². The molecule has 1 aliphatic heterocycles. The largest absolute Gasteiger partial charge is 0.370 e. The molecule has 2 unspecified atom stereocenters. The van der Waals surface area contributed by atoms with Gasteiger partial charge in [-0.2, -0.15) is 0 Å². The molecule has 0 spiro atoms. The predicted octanol–water partition coefficient (Wildman–Crippen LogP) is 3.87. The van der Waals surface area contributed by atoms with Crippen LogP contribution in [0.1, 0.15) is 37.4 Å². The predicted molar refractivity (Wildman–Crippen MR) is 62.7 cm³/mol. The van der Waals surface area contributed by atoms with Gasteiger partial charge in [0.15, 0.2) is 0 Å². The van der Waals surface area contributed by atoms with Crippen LogP contribution >= 0.6 is 0 Å². The van der Waals surface area contributed by atoms with Crippen molar-refractivity contribution in [2.24, 2.45) is 0 Å². The molecule has 15 heavy (non-hydrogen) atoms. The van der Waals surface area contributed by atoms with Gasteiger partial charge in [-0.05, 0) is 31.2 Å². The summed E-state index contributed by atoms with van der Waals surface area (Å²) in [6, 6.07) is 10.5. The first-order valence-corrected chi connectivity index (χ1v) is 5.71. The minimum Gasteiger partial charge on any atom is -0.370 e. The lowest BCUT2D eigenvalue weighted by Gasteiger charge is -2.13. The molecule has 0 amide bonds. The highest BCUT2D eigenvalue weighted by Gasteiger charge is 2.25. The van der Waals surface area contributed by atoms with E-state index in [0.717, 1.165) is 19.3 Å². The van der Waals surface area contributed by atoms with E-state index in [0.29, 0.717) is 12.2 Å². The number of benzene rings is 1. The van der Waals surface area contributed by atoms with Crippen molar-refractivity contribution >= 4 is 0 Å². The molecule has 1 aliphatic rings. The summed E-state index contributed by atoms with van der Waals surface area (Å²) >= 11 is 0. The van der Waals surface area contributed by atoms with E-state index < -0.39 is 0 Å². The molecule has 80 valence electrons. The minimum absolute atomic E-state index is 0.320. The Morgan fingerprint density at radius 2 is 2.07 bits per heavy atom. The maximum Gasteiger partial charge on any atom is 0.0829 e. The zero-order valence-electron chi connectivity index (χ0n) is 9.06. The van der Waals surface area contributed by atoms with Crippen LogP contribution in [0.25, 0.3) is 0 Å². The zero-order valence-corrected chi connectivity index (χ0v) is 9.06. The Morgan fingerprint density at radius 1 is 1.27 bits per heavy atom. The van der Waals surface area contributed by atoms with Crippen LogP contribution < -0.4 is 0 Å². The fraction of sp³-hybridized carbons (Fsp3) is 0.429. The number of hydrogen-bond donors (Lipinski definition) is 0. The molecule has 1 heterocycles. The Kier molecular flexibility index (Phi) is 3.57. The highest BCUT2D eigenvalue weighted by molar-refractivity contribution is 5.18. The van der Waals surface area contributed by atoms with Crippen LogP contribution in [0, 0.1) is 0 Å². The molecule has 1 fully saturated rings. The van der Waals surface area contributed by atoms with E-state index in [-0.39, 0.29) is 0 Å². The van der Waals surface area contributed by atoms with Gasteiger partial charge in [-0.25, -0.2) is 0 Å². The number of allylic oxidation sites excluding steroid dienone is 1. The summed E-state index contributed by atoms with van der Waals surface area (Å²) in [6.45, 7) is 3.74. The Labute approximate surface area is 91.8 Å². The van der Waals surface area contributed by atoms with Crippen LogP contribution in [0.3, 0.4) is 0 Å². The van der Waals surface area contributed by atoms with E-state index in [1.165, 1.54) is 12.0 Å². The molecule has 1 aromatic rings.